The molecule has 0 unspecified atom stereocenters. The number of aromatic nitrogens is 2. The maximum atomic E-state index is 12.9. The van der Waals surface area contributed by atoms with Crippen molar-refractivity contribution in [3.8, 4) is 28.5 Å². The Hall–Kier alpha value is -3.15. The number of nitrogens with zero attached hydrogens (tertiary/aromatic N) is 3. The Morgan fingerprint density at radius 2 is 1.81 bits per heavy atom. The number of oxazole rings is 1. The highest BCUT2D eigenvalue weighted by atomic mass is 16.5. The fraction of sp³-hybridized carbons (Fsp3) is 0.286. The normalized spacial score (nSPS) is 14.2. The van der Waals surface area contributed by atoms with Crippen molar-refractivity contribution in [2.45, 2.75) is 19.3 Å². The van der Waals surface area contributed by atoms with Gasteiger partial charge in [-0.2, -0.15) is 0 Å². The highest BCUT2D eigenvalue weighted by Crippen LogP contribution is 2.33. The topological polar surface area (TPSA) is 68.5 Å². The van der Waals surface area contributed by atoms with E-state index in [1.165, 1.54) is 0 Å². The van der Waals surface area contributed by atoms with Crippen LogP contribution < -0.4 is 4.74 Å². The van der Waals surface area contributed by atoms with Crippen molar-refractivity contribution < 1.29 is 13.9 Å². The number of carbonyl (C=O) groups is 1. The third kappa shape index (κ3) is 3.56. The van der Waals surface area contributed by atoms with Gasteiger partial charge in [0.05, 0.1) is 7.11 Å². The zero-order valence-electron chi connectivity index (χ0n) is 15.2. The van der Waals surface area contributed by atoms with Gasteiger partial charge in [-0.05, 0) is 25.3 Å². The Bertz CT molecular complexity index is 914. The molecule has 138 valence electrons. The maximum absolute atomic E-state index is 12.9. The number of hydrogen-bond acceptors (Lipinski definition) is 5. The summed E-state index contributed by atoms with van der Waals surface area (Å²) in [4.78, 5) is 23.5. The van der Waals surface area contributed by atoms with E-state index in [0.717, 1.165) is 43.5 Å². The fourth-order valence-electron chi connectivity index (χ4n) is 3.27. The first-order chi connectivity index (χ1) is 13.3. The molecule has 1 aromatic carbocycles. The van der Waals surface area contributed by atoms with Crippen molar-refractivity contribution >= 4 is 5.91 Å². The van der Waals surface area contributed by atoms with Gasteiger partial charge < -0.3 is 14.1 Å². The molecule has 3 heterocycles. The summed E-state index contributed by atoms with van der Waals surface area (Å²) in [6.45, 7) is 1.50. The second kappa shape index (κ2) is 7.61. The van der Waals surface area contributed by atoms with Gasteiger partial charge in [-0.15, -0.1) is 0 Å². The minimum atomic E-state index is -0.153. The third-order valence-electron chi connectivity index (χ3n) is 4.71. The summed E-state index contributed by atoms with van der Waals surface area (Å²) >= 11 is 0. The molecule has 0 saturated carbocycles. The van der Waals surface area contributed by atoms with Gasteiger partial charge in [-0.25, -0.2) is 9.97 Å². The van der Waals surface area contributed by atoms with Gasteiger partial charge in [0, 0.05) is 36.5 Å². The molecule has 0 atom stereocenters. The monoisotopic (exact) mass is 363 g/mol. The predicted octanol–water partition coefficient (Wildman–Crippen LogP) is 4.04. The van der Waals surface area contributed by atoms with Gasteiger partial charge in [-0.1, -0.05) is 30.3 Å². The molecule has 6 heteroatoms. The van der Waals surface area contributed by atoms with Gasteiger partial charge in [0.1, 0.15) is 5.69 Å². The van der Waals surface area contributed by atoms with Crippen molar-refractivity contribution in [2.24, 2.45) is 0 Å². The lowest BCUT2D eigenvalue weighted by Crippen LogP contribution is -2.35. The molecule has 0 radical (unpaired) electrons. The molecule has 1 fully saturated rings. The van der Waals surface area contributed by atoms with Gasteiger partial charge in [0.2, 0.25) is 5.88 Å². The Labute approximate surface area is 157 Å². The largest absolute Gasteiger partial charge is 0.481 e. The Kier molecular flexibility index (Phi) is 4.87. The molecular formula is C21H21N3O3. The first-order valence-electron chi connectivity index (χ1n) is 9.12. The first-order valence-corrected chi connectivity index (χ1v) is 9.12. The lowest BCUT2D eigenvalue weighted by atomic mass is 10.1. The number of piperidine rings is 1. The number of methoxy groups -OCH3 is 1. The van der Waals surface area contributed by atoms with E-state index in [-0.39, 0.29) is 11.8 Å². The second-order valence-electron chi connectivity index (χ2n) is 6.50. The molecule has 1 aliphatic rings. The summed E-state index contributed by atoms with van der Waals surface area (Å²) in [5.74, 6) is 1.07. The van der Waals surface area contributed by atoms with Crippen LogP contribution in [0.3, 0.4) is 0 Å². The average molecular weight is 363 g/mol. The molecule has 1 amide bonds. The van der Waals surface area contributed by atoms with Crippen molar-refractivity contribution in [1.29, 1.82) is 0 Å². The highest BCUT2D eigenvalue weighted by Gasteiger charge is 2.26. The van der Waals surface area contributed by atoms with Crippen molar-refractivity contribution in [3.05, 3.63) is 54.6 Å². The Morgan fingerprint density at radius 1 is 1.04 bits per heavy atom. The van der Waals surface area contributed by atoms with Crippen LogP contribution in [0.1, 0.15) is 29.9 Å². The van der Waals surface area contributed by atoms with E-state index in [4.69, 9.17) is 9.15 Å². The van der Waals surface area contributed by atoms with Crippen LogP contribution in [0.2, 0.25) is 0 Å². The average Bonchev–Trinajstić information content (AvgIpc) is 3.20. The number of hydrogen-bond donors (Lipinski definition) is 0. The van der Waals surface area contributed by atoms with E-state index in [1.54, 1.807) is 19.4 Å². The molecule has 0 spiro atoms. The first kappa shape index (κ1) is 17.3. The number of pyridine rings is 1. The number of amides is 1. The zero-order valence-corrected chi connectivity index (χ0v) is 15.2. The van der Waals surface area contributed by atoms with Crippen LogP contribution >= 0.6 is 0 Å². The van der Waals surface area contributed by atoms with Gasteiger partial charge in [0.25, 0.3) is 5.89 Å². The molecule has 0 bridgehead atoms. The van der Waals surface area contributed by atoms with Gasteiger partial charge in [-0.3, -0.25) is 4.79 Å². The van der Waals surface area contributed by atoms with Crippen molar-refractivity contribution in [1.82, 2.24) is 14.9 Å². The summed E-state index contributed by atoms with van der Waals surface area (Å²) in [5, 5.41) is 0. The van der Waals surface area contributed by atoms with Crippen LogP contribution in [0.25, 0.3) is 22.6 Å². The molecule has 6 nitrogen and oxygen atoms in total. The molecule has 3 aromatic rings. The van der Waals surface area contributed by atoms with E-state index in [0.29, 0.717) is 17.3 Å². The fourth-order valence-corrected chi connectivity index (χ4v) is 3.27. The number of carbonyl (C=O) groups excluding carboxylic acids is 1. The zero-order chi connectivity index (χ0) is 18.6. The minimum Gasteiger partial charge on any atom is -0.481 e. The van der Waals surface area contributed by atoms with Crippen LogP contribution in [0, 0.1) is 0 Å². The van der Waals surface area contributed by atoms with Crippen LogP contribution in [0.5, 0.6) is 5.88 Å². The molecule has 0 N–H and O–H groups in total. The summed E-state index contributed by atoms with van der Waals surface area (Å²) in [5.41, 5.74) is 2.25. The quantitative estimate of drug-likeness (QED) is 0.700. The van der Waals surface area contributed by atoms with Gasteiger partial charge in [0.15, 0.2) is 5.76 Å². The van der Waals surface area contributed by atoms with E-state index in [9.17, 15) is 4.79 Å². The number of ether oxygens (including phenoxy) is 1. The molecule has 4 rings (SSSR count). The highest BCUT2D eigenvalue weighted by molar-refractivity contribution is 5.92. The minimum absolute atomic E-state index is 0.126. The molecule has 2 aromatic heterocycles. The van der Waals surface area contributed by atoms with Crippen molar-refractivity contribution in [2.75, 3.05) is 20.2 Å². The van der Waals surface area contributed by atoms with Crippen LogP contribution in [0.15, 0.2) is 53.1 Å². The van der Waals surface area contributed by atoms with Crippen LogP contribution in [-0.2, 0) is 0 Å². The number of rotatable bonds is 4. The molecular weight excluding hydrogens is 342 g/mol. The lowest BCUT2D eigenvalue weighted by molar-refractivity contribution is 0.0685. The number of likely N-dealkylation sites (tertiary alicyclic amines) is 1. The van der Waals surface area contributed by atoms with Crippen LogP contribution in [0.4, 0.5) is 0 Å². The van der Waals surface area contributed by atoms with E-state index in [1.807, 2.05) is 41.3 Å². The Morgan fingerprint density at radius 3 is 2.48 bits per heavy atom. The van der Waals surface area contributed by atoms with E-state index >= 15 is 0 Å². The summed E-state index contributed by atoms with van der Waals surface area (Å²) in [7, 11) is 1.57. The predicted molar refractivity (Wildman–Crippen MR) is 101 cm³/mol. The summed E-state index contributed by atoms with van der Waals surface area (Å²) in [6, 6.07) is 13.3. The summed E-state index contributed by atoms with van der Waals surface area (Å²) in [6.07, 6.45) is 4.88. The molecule has 27 heavy (non-hydrogen) atoms. The smallest absolute Gasteiger partial charge is 0.309 e. The van der Waals surface area contributed by atoms with Crippen LogP contribution in [-0.4, -0.2) is 41.0 Å². The summed E-state index contributed by atoms with van der Waals surface area (Å²) < 4.78 is 11.1. The van der Waals surface area contributed by atoms with E-state index < -0.39 is 0 Å². The molecule has 1 saturated heterocycles. The lowest BCUT2D eigenvalue weighted by Gasteiger charge is -2.25. The molecule has 1 aliphatic heterocycles. The number of benzene rings is 1. The second-order valence-corrected chi connectivity index (χ2v) is 6.50. The standard InChI is InChI=1S/C21H21N3O3/c1-26-17-11-10-16(14-22-17)18-19(15-8-4-2-5-9-15)27-20(23-18)21(25)24-12-6-3-7-13-24/h2,4-5,8-11,14H,3,6-7,12-13H2,1H3. The SMILES string of the molecule is COc1ccc(-c2nc(C(=O)N3CCCCC3)oc2-c2ccccc2)cn1. The van der Waals surface area contributed by atoms with Gasteiger partial charge >= 0.3 is 5.91 Å². The van der Waals surface area contributed by atoms with Crippen molar-refractivity contribution in [3.63, 3.8) is 0 Å². The molecule has 0 aliphatic carbocycles. The Balaban J connectivity index is 1.75. The maximum Gasteiger partial charge on any atom is 0.309 e. The van der Waals surface area contributed by atoms with E-state index in [2.05, 4.69) is 9.97 Å². The third-order valence-corrected chi connectivity index (χ3v) is 4.71.